The van der Waals surface area contributed by atoms with E-state index < -0.39 is 18.8 Å². The largest absolute Gasteiger partial charge is 0.505 e. The van der Waals surface area contributed by atoms with Crippen molar-refractivity contribution >= 4 is 30.3 Å². The van der Waals surface area contributed by atoms with Crippen LogP contribution in [0.25, 0.3) is 0 Å². The first-order valence-corrected chi connectivity index (χ1v) is 12.4. The number of nitrogens with zero attached hydrogens (tertiary/aromatic N) is 2. The van der Waals surface area contributed by atoms with E-state index in [1.54, 1.807) is 4.57 Å². The number of rotatable bonds is 6. The van der Waals surface area contributed by atoms with Crippen molar-refractivity contribution in [3.63, 3.8) is 0 Å². The number of amidine groups is 1. The molecule has 2 aromatic carbocycles. The first-order valence-electron chi connectivity index (χ1n) is 10.8. The lowest BCUT2D eigenvalue weighted by molar-refractivity contribution is -0.119. The van der Waals surface area contributed by atoms with Crippen LogP contribution in [0.5, 0.6) is 17.4 Å². The molecule has 11 heteroatoms. The van der Waals surface area contributed by atoms with E-state index in [0.717, 1.165) is 5.56 Å². The van der Waals surface area contributed by atoms with E-state index in [0.29, 0.717) is 5.69 Å². The number of carbonyl (C=O) groups excluding carboxylic acids is 1. The van der Waals surface area contributed by atoms with Gasteiger partial charge in [0.25, 0.3) is 5.91 Å². The zero-order valence-corrected chi connectivity index (χ0v) is 20.4. The molecule has 1 aromatic heterocycles. The number of ether oxygens (including phenoxy) is 1. The van der Waals surface area contributed by atoms with Gasteiger partial charge in [0.15, 0.2) is 18.2 Å². The Morgan fingerprint density at radius 3 is 2.49 bits per heavy atom. The summed E-state index contributed by atoms with van der Waals surface area (Å²) < 4.78 is 23.9. The third kappa shape index (κ3) is 4.76. The second-order valence-electron chi connectivity index (χ2n) is 9.27. The van der Waals surface area contributed by atoms with Gasteiger partial charge in [-0.15, -0.1) is 0 Å². The zero-order chi connectivity index (χ0) is 25.5. The van der Waals surface area contributed by atoms with Gasteiger partial charge in [0.1, 0.15) is 11.3 Å². The first-order chi connectivity index (χ1) is 16.4. The van der Waals surface area contributed by atoms with Crippen LogP contribution in [0.2, 0.25) is 0 Å². The molecule has 0 aliphatic carbocycles. The Hall–Kier alpha value is -3.75. The number of benzene rings is 2. The Labute approximate surface area is 202 Å². The third-order valence-corrected chi connectivity index (χ3v) is 6.96. The van der Waals surface area contributed by atoms with Crippen molar-refractivity contribution in [2.75, 3.05) is 11.9 Å². The van der Waals surface area contributed by atoms with E-state index in [1.807, 2.05) is 51.1 Å². The number of hydrogen-bond acceptors (Lipinski definition) is 6. The molecule has 35 heavy (non-hydrogen) atoms. The minimum Gasteiger partial charge on any atom is -0.505 e. The topological polar surface area (TPSA) is 159 Å². The lowest BCUT2D eigenvalue weighted by Gasteiger charge is -2.23. The SMILES string of the molecule is CC(C)(C)c1c(O)c(C2=NP(=O)(O)c3cc(OCC(N)=O)ccc3N2)c(O)n1Cc1ccccc1. The Kier molecular flexibility index (Phi) is 6.12. The fourth-order valence-electron chi connectivity index (χ4n) is 4.05. The van der Waals surface area contributed by atoms with E-state index in [1.165, 1.54) is 18.2 Å². The summed E-state index contributed by atoms with van der Waals surface area (Å²) in [6.45, 7) is 5.56. The van der Waals surface area contributed by atoms with Gasteiger partial charge in [-0.2, -0.15) is 4.76 Å². The summed E-state index contributed by atoms with van der Waals surface area (Å²) in [6, 6.07) is 13.7. The van der Waals surface area contributed by atoms with Crippen LogP contribution in [0.1, 0.15) is 37.6 Å². The Morgan fingerprint density at radius 1 is 1.17 bits per heavy atom. The molecule has 0 fully saturated rings. The van der Waals surface area contributed by atoms with Crippen molar-refractivity contribution in [1.29, 1.82) is 0 Å². The van der Waals surface area contributed by atoms with Crippen LogP contribution >= 0.6 is 7.52 Å². The average molecular weight is 498 g/mol. The van der Waals surface area contributed by atoms with Gasteiger partial charge >= 0.3 is 7.52 Å². The predicted octanol–water partition coefficient (Wildman–Crippen LogP) is 2.79. The van der Waals surface area contributed by atoms with Crippen LogP contribution < -0.4 is 21.1 Å². The van der Waals surface area contributed by atoms with Crippen LogP contribution in [-0.2, 0) is 21.3 Å². The number of nitrogens with one attached hydrogen (secondary N) is 1. The van der Waals surface area contributed by atoms with Gasteiger partial charge in [-0.1, -0.05) is 51.1 Å². The van der Waals surface area contributed by atoms with E-state index >= 15 is 0 Å². The Morgan fingerprint density at radius 2 is 1.86 bits per heavy atom. The minimum absolute atomic E-state index is 0.0398. The molecule has 0 saturated carbocycles. The highest BCUT2D eigenvalue weighted by atomic mass is 31.2. The summed E-state index contributed by atoms with van der Waals surface area (Å²) in [6.07, 6.45) is 0. The van der Waals surface area contributed by atoms with Gasteiger partial charge in [-0.25, -0.2) is 0 Å². The highest BCUT2D eigenvalue weighted by molar-refractivity contribution is 7.65. The molecule has 0 spiro atoms. The quantitative estimate of drug-likeness (QED) is 0.327. The van der Waals surface area contributed by atoms with Crippen LogP contribution in [0, 0.1) is 0 Å². The highest BCUT2D eigenvalue weighted by Crippen LogP contribution is 2.50. The molecule has 0 saturated heterocycles. The lowest BCUT2D eigenvalue weighted by atomic mass is 9.91. The maximum atomic E-state index is 13.1. The molecule has 1 aliphatic rings. The van der Waals surface area contributed by atoms with Crippen LogP contribution in [0.4, 0.5) is 5.69 Å². The molecule has 0 bridgehead atoms. The molecule has 1 atom stereocenters. The second kappa shape index (κ2) is 8.79. The summed E-state index contributed by atoms with van der Waals surface area (Å²) in [7, 11) is -4.33. The molecule has 1 aliphatic heterocycles. The predicted molar refractivity (Wildman–Crippen MR) is 133 cm³/mol. The highest BCUT2D eigenvalue weighted by Gasteiger charge is 2.37. The Balaban J connectivity index is 1.80. The molecule has 184 valence electrons. The van der Waals surface area contributed by atoms with E-state index in [-0.39, 0.29) is 52.9 Å². The normalized spacial score (nSPS) is 17.3. The van der Waals surface area contributed by atoms with Crippen molar-refractivity contribution in [3.05, 3.63) is 65.4 Å². The molecular weight excluding hydrogens is 471 g/mol. The second-order valence-corrected chi connectivity index (χ2v) is 11.0. The number of primary amides is 1. The van der Waals surface area contributed by atoms with Gasteiger partial charge in [0.2, 0.25) is 5.88 Å². The van der Waals surface area contributed by atoms with Crippen molar-refractivity contribution in [1.82, 2.24) is 4.57 Å². The standard InChI is InChI=1S/C24H27N4O6P/c1-24(2,3)21-20(30)19(23(31)28(21)12-14-7-5-4-6-8-14)22-26-16-10-9-15(34-13-18(25)29)11-17(16)35(32,33)27-22/h4-11,30-31H,12-13H2,1-3H3,(H2,25,29)(H2,26,27,32,33). The first kappa shape index (κ1) is 24.4. The van der Waals surface area contributed by atoms with Gasteiger partial charge in [-0.3, -0.25) is 9.36 Å². The number of amides is 1. The minimum atomic E-state index is -4.33. The molecule has 6 N–H and O–H groups in total. The van der Waals surface area contributed by atoms with Crippen molar-refractivity contribution in [2.45, 2.75) is 32.7 Å². The number of hydrogen-bond donors (Lipinski definition) is 5. The van der Waals surface area contributed by atoms with Crippen molar-refractivity contribution < 1.29 is 29.2 Å². The fraction of sp³-hybridized carbons (Fsp3) is 0.250. The number of aromatic hydroxyl groups is 2. The smallest absolute Gasteiger partial charge is 0.346 e. The Bertz CT molecular complexity index is 1370. The molecule has 1 amide bonds. The summed E-state index contributed by atoms with van der Waals surface area (Å²) in [5, 5.41) is 25.3. The van der Waals surface area contributed by atoms with Gasteiger partial charge in [0, 0.05) is 5.41 Å². The van der Waals surface area contributed by atoms with Crippen LogP contribution in [0.15, 0.2) is 53.3 Å². The fourth-order valence-corrected chi connectivity index (χ4v) is 5.32. The van der Waals surface area contributed by atoms with Gasteiger partial charge in [0.05, 0.1) is 23.2 Å². The number of carbonyl (C=O) groups is 1. The summed E-state index contributed by atoms with van der Waals surface area (Å²) in [5.41, 5.74) is 6.04. The maximum Gasteiger partial charge on any atom is 0.346 e. The molecule has 0 radical (unpaired) electrons. The summed E-state index contributed by atoms with van der Waals surface area (Å²) in [5.74, 6) is -1.17. The molecular formula is C24H27N4O6P. The monoisotopic (exact) mass is 498 g/mol. The molecule has 3 aromatic rings. The molecule has 4 rings (SSSR count). The summed E-state index contributed by atoms with van der Waals surface area (Å²) >= 11 is 0. The number of anilines is 1. The number of aromatic nitrogens is 1. The molecule has 1 unspecified atom stereocenters. The lowest BCUT2D eigenvalue weighted by Crippen LogP contribution is -2.25. The number of fused-ring (bicyclic) bond motifs is 1. The molecule has 10 nitrogen and oxygen atoms in total. The molecule has 2 heterocycles. The maximum absolute atomic E-state index is 13.1. The van der Waals surface area contributed by atoms with Gasteiger partial charge < -0.3 is 35.5 Å². The summed E-state index contributed by atoms with van der Waals surface area (Å²) in [4.78, 5) is 21.7. The average Bonchev–Trinajstić information content (AvgIpc) is 3.02. The van der Waals surface area contributed by atoms with Crippen molar-refractivity contribution in [2.24, 2.45) is 10.5 Å². The number of nitrogens with two attached hydrogens (primary N) is 1. The third-order valence-electron chi connectivity index (χ3n) is 5.49. The van der Waals surface area contributed by atoms with Crippen molar-refractivity contribution in [3.8, 4) is 17.4 Å². The zero-order valence-electron chi connectivity index (χ0n) is 19.5. The van der Waals surface area contributed by atoms with E-state index in [9.17, 15) is 24.5 Å². The van der Waals surface area contributed by atoms with Gasteiger partial charge in [-0.05, 0) is 23.8 Å². The van der Waals surface area contributed by atoms with Crippen LogP contribution in [-0.4, -0.2) is 38.0 Å². The van der Waals surface area contributed by atoms with E-state index in [2.05, 4.69) is 10.1 Å². The van der Waals surface area contributed by atoms with Crippen LogP contribution in [0.3, 0.4) is 0 Å². The van der Waals surface area contributed by atoms with E-state index in [4.69, 9.17) is 10.5 Å².